The van der Waals surface area contributed by atoms with Gasteiger partial charge in [0, 0.05) is 17.6 Å². The van der Waals surface area contributed by atoms with E-state index in [0.29, 0.717) is 11.1 Å². The molecule has 0 aromatic rings. The van der Waals surface area contributed by atoms with Crippen molar-refractivity contribution in [1.29, 1.82) is 0 Å². The Labute approximate surface area is 81.7 Å². The zero-order valence-electron chi connectivity index (χ0n) is 9.19. The van der Waals surface area contributed by atoms with Gasteiger partial charge in [-0.1, -0.05) is 0 Å². The molecule has 2 fully saturated rings. The number of hydrogen-bond acceptors (Lipinski definition) is 2. The molecule has 76 valence electrons. The number of piperidine rings is 1. The lowest BCUT2D eigenvalue weighted by Gasteiger charge is -2.53. The summed E-state index contributed by atoms with van der Waals surface area (Å²) < 4.78 is 0. The first-order valence-electron chi connectivity index (χ1n) is 5.52. The van der Waals surface area contributed by atoms with Crippen molar-refractivity contribution in [1.82, 2.24) is 10.2 Å². The molecule has 2 heterocycles. The van der Waals surface area contributed by atoms with Gasteiger partial charge in [0.15, 0.2) is 0 Å². The molecule has 1 N–H and O–H groups in total. The Morgan fingerprint density at radius 3 is 2.38 bits per heavy atom. The first kappa shape index (κ1) is 9.47. The van der Waals surface area contributed by atoms with Crippen LogP contribution in [-0.4, -0.2) is 35.6 Å². The molecule has 2 aliphatic rings. The minimum Gasteiger partial charge on any atom is -0.310 e. The van der Waals surface area contributed by atoms with Crippen molar-refractivity contribution < 1.29 is 0 Å². The molecule has 0 amide bonds. The maximum atomic E-state index is 3.62. The van der Waals surface area contributed by atoms with Gasteiger partial charge in [0.25, 0.3) is 0 Å². The second kappa shape index (κ2) is 2.96. The van der Waals surface area contributed by atoms with E-state index >= 15 is 0 Å². The summed E-state index contributed by atoms with van der Waals surface area (Å²) in [6.45, 7) is 10.8. The predicted octanol–water partition coefficient (Wildman–Crippen LogP) is 1.61. The van der Waals surface area contributed by atoms with Crippen LogP contribution in [0.2, 0.25) is 0 Å². The van der Waals surface area contributed by atoms with E-state index in [1.54, 1.807) is 0 Å². The number of nitrogens with zero attached hydrogens (tertiary/aromatic N) is 1. The van der Waals surface area contributed by atoms with Crippen molar-refractivity contribution in [2.75, 3.05) is 19.6 Å². The maximum absolute atomic E-state index is 3.62. The molecular formula is C11H22N2. The van der Waals surface area contributed by atoms with Crippen LogP contribution in [0.5, 0.6) is 0 Å². The molecule has 2 aliphatic heterocycles. The maximum Gasteiger partial charge on any atom is 0.0321 e. The Morgan fingerprint density at radius 2 is 1.92 bits per heavy atom. The number of rotatable bonds is 0. The van der Waals surface area contributed by atoms with E-state index in [1.165, 1.54) is 38.9 Å². The third-order valence-corrected chi connectivity index (χ3v) is 3.63. The van der Waals surface area contributed by atoms with E-state index in [9.17, 15) is 0 Å². The third kappa shape index (κ3) is 1.75. The summed E-state index contributed by atoms with van der Waals surface area (Å²) in [7, 11) is 0. The monoisotopic (exact) mass is 182 g/mol. The molecule has 2 heteroatoms. The summed E-state index contributed by atoms with van der Waals surface area (Å²) >= 11 is 0. The Kier molecular flexibility index (Phi) is 2.16. The van der Waals surface area contributed by atoms with Crippen molar-refractivity contribution in [2.24, 2.45) is 0 Å². The smallest absolute Gasteiger partial charge is 0.0321 e. The Hall–Kier alpha value is -0.0800. The quantitative estimate of drug-likeness (QED) is 0.612. The highest BCUT2D eigenvalue weighted by Gasteiger charge is 2.42. The van der Waals surface area contributed by atoms with Gasteiger partial charge in [0.1, 0.15) is 0 Å². The van der Waals surface area contributed by atoms with Crippen LogP contribution in [0.25, 0.3) is 0 Å². The molecule has 0 bridgehead atoms. The van der Waals surface area contributed by atoms with Crippen LogP contribution in [0.1, 0.15) is 40.0 Å². The summed E-state index contributed by atoms with van der Waals surface area (Å²) in [5.74, 6) is 0. The van der Waals surface area contributed by atoms with E-state index in [0.717, 1.165) is 0 Å². The minimum atomic E-state index is 0.352. The SMILES string of the molecule is CC(C)(C)N1CCCC2(CCN2)C1. The first-order valence-corrected chi connectivity index (χ1v) is 5.52. The van der Waals surface area contributed by atoms with Crippen molar-refractivity contribution in [3.05, 3.63) is 0 Å². The standard InChI is InChI=1S/C11H22N2/c1-10(2,3)13-8-4-5-11(9-13)6-7-12-11/h12H,4-9H2,1-3H3. The summed E-state index contributed by atoms with van der Waals surface area (Å²) in [6.07, 6.45) is 4.14. The van der Waals surface area contributed by atoms with Crippen LogP contribution in [0.3, 0.4) is 0 Å². The van der Waals surface area contributed by atoms with Crippen LogP contribution >= 0.6 is 0 Å². The van der Waals surface area contributed by atoms with Crippen molar-refractivity contribution in [3.63, 3.8) is 0 Å². The molecular weight excluding hydrogens is 160 g/mol. The van der Waals surface area contributed by atoms with Gasteiger partial charge in [-0.2, -0.15) is 0 Å². The molecule has 13 heavy (non-hydrogen) atoms. The molecule has 1 unspecified atom stereocenters. The van der Waals surface area contributed by atoms with Gasteiger partial charge >= 0.3 is 0 Å². The lowest BCUT2D eigenvalue weighted by molar-refractivity contribution is 0.0189. The normalized spacial score (nSPS) is 36.2. The summed E-state index contributed by atoms with van der Waals surface area (Å²) in [6, 6.07) is 0. The fourth-order valence-electron chi connectivity index (χ4n) is 2.53. The van der Waals surface area contributed by atoms with Gasteiger partial charge < -0.3 is 5.32 Å². The average molecular weight is 182 g/mol. The molecule has 1 spiro atoms. The molecule has 0 radical (unpaired) electrons. The summed E-state index contributed by atoms with van der Waals surface area (Å²) in [5, 5.41) is 3.62. The van der Waals surface area contributed by atoms with Gasteiger partial charge in [-0.3, -0.25) is 4.90 Å². The van der Waals surface area contributed by atoms with Crippen LogP contribution in [0.15, 0.2) is 0 Å². The van der Waals surface area contributed by atoms with Crippen LogP contribution in [-0.2, 0) is 0 Å². The number of hydrogen-bond donors (Lipinski definition) is 1. The van der Waals surface area contributed by atoms with Crippen molar-refractivity contribution >= 4 is 0 Å². The average Bonchev–Trinajstić information content (AvgIpc) is 2.00. The van der Waals surface area contributed by atoms with Crippen LogP contribution < -0.4 is 5.32 Å². The zero-order valence-corrected chi connectivity index (χ0v) is 9.19. The van der Waals surface area contributed by atoms with Crippen molar-refractivity contribution in [3.8, 4) is 0 Å². The molecule has 0 aromatic heterocycles. The Balaban J connectivity index is 2.00. The fraction of sp³-hybridized carbons (Fsp3) is 1.00. The highest BCUT2D eigenvalue weighted by atomic mass is 15.2. The van der Waals surface area contributed by atoms with Gasteiger partial charge in [0.2, 0.25) is 0 Å². The summed E-state index contributed by atoms with van der Waals surface area (Å²) in [4.78, 5) is 2.63. The first-order chi connectivity index (χ1) is 6.02. The zero-order chi connectivity index (χ0) is 9.53. The van der Waals surface area contributed by atoms with Gasteiger partial charge in [-0.15, -0.1) is 0 Å². The van der Waals surface area contributed by atoms with Crippen LogP contribution in [0.4, 0.5) is 0 Å². The third-order valence-electron chi connectivity index (χ3n) is 3.63. The molecule has 0 aliphatic carbocycles. The second-order valence-corrected chi connectivity index (χ2v) is 5.65. The Bertz CT molecular complexity index is 189. The minimum absolute atomic E-state index is 0.352. The second-order valence-electron chi connectivity index (χ2n) is 5.65. The Morgan fingerprint density at radius 1 is 1.23 bits per heavy atom. The molecule has 2 saturated heterocycles. The van der Waals surface area contributed by atoms with Gasteiger partial charge in [0.05, 0.1) is 0 Å². The molecule has 2 rings (SSSR count). The largest absolute Gasteiger partial charge is 0.310 e. The number of nitrogens with one attached hydrogen (secondary N) is 1. The van der Waals surface area contributed by atoms with Crippen LogP contribution in [0, 0.1) is 0 Å². The molecule has 0 saturated carbocycles. The lowest BCUT2D eigenvalue weighted by atomic mass is 9.79. The van der Waals surface area contributed by atoms with E-state index in [2.05, 4.69) is 31.0 Å². The van der Waals surface area contributed by atoms with E-state index < -0.39 is 0 Å². The topological polar surface area (TPSA) is 15.3 Å². The highest BCUT2D eigenvalue weighted by Crippen LogP contribution is 2.32. The van der Waals surface area contributed by atoms with E-state index in [1.807, 2.05) is 0 Å². The van der Waals surface area contributed by atoms with Gasteiger partial charge in [-0.05, 0) is 53.1 Å². The molecule has 1 atom stereocenters. The van der Waals surface area contributed by atoms with E-state index in [-0.39, 0.29) is 0 Å². The number of likely N-dealkylation sites (tertiary alicyclic amines) is 1. The molecule has 2 nitrogen and oxygen atoms in total. The predicted molar refractivity (Wildman–Crippen MR) is 55.9 cm³/mol. The van der Waals surface area contributed by atoms with Gasteiger partial charge in [-0.25, -0.2) is 0 Å². The fourth-order valence-corrected chi connectivity index (χ4v) is 2.53. The molecule has 0 aromatic carbocycles. The summed E-state index contributed by atoms with van der Waals surface area (Å²) in [5.41, 5.74) is 0.857. The van der Waals surface area contributed by atoms with Crippen molar-refractivity contribution in [2.45, 2.75) is 51.1 Å². The highest BCUT2D eigenvalue weighted by molar-refractivity contribution is 5.03. The lowest BCUT2D eigenvalue weighted by Crippen LogP contribution is -2.67. The van der Waals surface area contributed by atoms with E-state index in [4.69, 9.17) is 0 Å².